The molecule has 0 amide bonds. The van der Waals surface area contributed by atoms with E-state index in [0.29, 0.717) is 0 Å². The summed E-state index contributed by atoms with van der Waals surface area (Å²) in [5, 5.41) is 0. The number of carbonyl (C=O) groups excluding carboxylic acids is 2. The summed E-state index contributed by atoms with van der Waals surface area (Å²) in [6.45, 7) is 1.67. The Labute approximate surface area is 46.6 Å². The number of ether oxygens (including phenoxy) is 1. The minimum absolute atomic E-state index is 0.220. The van der Waals surface area contributed by atoms with Gasteiger partial charge >= 0.3 is 11.9 Å². The van der Waals surface area contributed by atoms with Crippen molar-refractivity contribution in [1.29, 1.82) is 0 Å². The first kappa shape index (κ1) is 5.28. The summed E-state index contributed by atoms with van der Waals surface area (Å²) in [5.74, 6) is -1.01. The van der Waals surface area contributed by atoms with Crippen LogP contribution in [-0.2, 0) is 14.3 Å². The van der Waals surface area contributed by atoms with Crippen LogP contribution in [0.2, 0.25) is 0 Å². The van der Waals surface area contributed by atoms with E-state index in [1.165, 1.54) is 0 Å². The number of hydrogen-bond donors (Lipinski definition) is 0. The van der Waals surface area contributed by atoms with E-state index in [9.17, 15) is 9.59 Å². The third kappa shape index (κ3) is 0.710. The molecule has 0 bridgehead atoms. The van der Waals surface area contributed by atoms with Crippen molar-refractivity contribution in [1.82, 2.24) is 0 Å². The van der Waals surface area contributed by atoms with Crippen molar-refractivity contribution in [3.8, 4) is 0 Å². The predicted molar refractivity (Wildman–Crippen MR) is 24.9 cm³/mol. The first-order valence-electron chi connectivity index (χ1n) is 2.44. The maximum Gasteiger partial charge on any atom is 0.316 e. The fourth-order valence-corrected chi connectivity index (χ4v) is 0.588. The van der Waals surface area contributed by atoms with Crippen molar-refractivity contribution in [3.05, 3.63) is 0 Å². The van der Waals surface area contributed by atoms with Gasteiger partial charge in [0.15, 0.2) is 0 Å². The molecule has 1 aliphatic heterocycles. The van der Waals surface area contributed by atoms with Gasteiger partial charge in [-0.15, -0.1) is 0 Å². The zero-order valence-electron chi connectivity index (χ0n) is 4.51. The molecule has 1 heterocycles. The Bertz CT molecular complexity index is 139. The Kier molecular flexibility index (Phi) is 1.04. The van der Waals surface area contributed by atoms with Crippen LogP contribution in [0.25, 0.3) is 0 Å². The van der Waals surface area contributed by atoms with Crippen LogP contribution in [0.3, 0.4) is 0 Å². The zero-order valence-corrected chi connectivity index (χ0v) is 4.51. The van der Waals surface area contributed by atoms with Crippen molar-refractivity contribution in [3.63, 3.8) is 0 Å². The van der Waals surface area contributed by atoms with Crippen LogP contribution < -0.4 is 0 Å². The van der Waals surface area contributed by atoms with Gasteiger partial charge in [-0.1, -0.05) is 6.92 Å². The molecule has 0 aromatic rings. The van der Waals surface area contributed by atoms with Crippen molar-refractivity contribution in [2.75, 3.05) is 0 Å². The molecule has 0 saturated carbocycles. The SMILES string of the molecule is CC1CC(=O)OC1=O. The van der Waals surface area contributed by atoms with E-state index in [-0.39, 0.29) is 12.3 Å². The Hall–Kier alpha value is -0.860. The fourth-order valence-electron chi connectivity index (χ4n) is 0.588. The van der Waals surface area contributed by atoms with Gasteiger partial charge in [-0.3, -0.25) is 9.59 Å². The molecule has 44 valence electrons. The van der Waals surface area contributed by atoms with Crippen molar-refractivity contribution in [2.45, 2.75) is 13.3 Å². The monoisotopic (exact) mass is 114 g/mol. The Morgan fingerprint density at radius 1 is 1.62 bits per heavy atom. The molecule has 1 saturated heterocycles. The Morgan fingerprint density at radius 2 is 2.25 bits per heavy atom. The number of rotatable bonds is 0. The van der Waals surface area contributed by atoms with E-state index in [4.69, 9.17) is 0 Å². The highest BCUT2D eigenvalue weighted by Crippen LogP contribution is 2.13. The normalized spacial score (nSPS) is 28.4. The Morgan fingerprint density at radius 3 is 2.38 bits per heavy atom. The van der Waals surface area contributed by atoms with Crippen LogP contribution in [0.1, 0.15) is 13.3 Å². The first-order valence-corrected chi connectivity index (χ1v) is 2.44. The molecule has 0 radical (unpaired) electrons. The summed E-state index contributed by atoms with van der Waals surface area (Å²) in [4.78, 5) is 20.6. The summed E-state index contributed by atoms with van der Waals surface area (Å²) in [7, 11) is 0. The smallest absolute Gasteiger partial charge is 0.316 e. The van der Waals surface area contributed by atoms with Gasteiger partial charge < -0.3 is 4.74 Å². The summed E-state index contributed by atoms with van der Waals surface area (Å²) in [6.07, 6.45) is 0.249. The predicted octanol–water partition coefficient (Wildman–Crippen LogP) is 0.0960. The number of esters is 2. The second-order valence-electron chi connectivity index (χ2n) is 1.90. The molecule has 0 aromatic heterocycles. The number of carbonyl (C=O) groups is 2. The molecule has 1 atom stereocenters. The third-order valence-corrected chi connectivity index (χ3v) is 1.09. The van der Waals surface area contributed by atoms with Gasteiger partial charge in [0.25, 0.3) is 0 Å². The van der Waals surface area contributed by atoms with Crippen LogP contribution in [-0.4, -0.2) is 11.9 Å². The second kappa shape index (κ2) is 1.58. The third-order valence-electron chi connectivity index (χ3n) is 1.09. The highest BCUT2D eigenvalue weighted by atomic mass is 16.6. The first-order chi connectivity index (χ1) is 3.70. The molecule has 1 unspecified atom stereocenters. The van der Waals surface area contributed by atoms with Gasteiger partial charge in [-0.25, -0.2) is 0 Å². The molecule has 1 rings (SSSR count). The zero-order chi connectivity index (χ0) is 6.15. The van der Waals surface area contributed by atoms with Gasteiger partial charge in [-0.2, -0.15) is 0 Å². The molecule has 0 aliphatic carbocycles. The van der Waals surface area contributed by atoms with E-state index in [1.54, 1.807) is 6.92 Å². The topological polar surface area (TPSA) is 43.4 Å². The van der Waals surface area contributed by atoms with Crippen molar-refractivity contribution >= 4 is 11.9 Å². The summed E-state index contributed by atoms with van der Waals surface area (Å²) in [5.41, 5.74) is 0. The molecule has 1 aliphatic rings. The molecule has 8 heavy (non-hydrogen) atoms. The quantitative estimate of drug-likeness (QED) is 0.331. The molecule has 0 spiro atoms. The molecule has 0 aromatic carbocycles. The lowest BCUT2D eigenvalue weighted by Gasteiger charge is -1.86. The lowest BCUT2D eigenvalue weighted by molar-refractivity contribution is -0.152. The number of cyclic esters (lactones) is 2. The minimum Gasteiger partial charge on any atom is -0.393 e. The van der Waals surface area contributed by atoms with Gasteiger partial charge in [0, 0.05) is 0 Å². The average Bonchev–Trinajstić information content (AvgIpc) is 1.85. The van der Waals surface area contributed by atoms with Gasteiger partial charge in [0.2, 0.25) is 0 Å². The van der Waals surface area contributed by atoms with E-state index in [0.717, 1.165) is 0 Å². The molecule has 1 fully saturated rings. The van der Waals surface area contributed by atoms with Crippen LogP contribution in [0, 0.1) is 5.92 Å². The van der Waals surface area contributed by atoms with Gasteiger partial charge in [0.05, 0.1) is 12.3 Å². The Balaban J connectivity index is 2.64. The summed E-state index contributed by atoms with van der Waals surface area (Å²) >= 11 is 0. The maximum absolute atomic E-state index is 10.3. The lowest BCUT2D eigenvalue weighted by atomic mass is 10.1. The summed E-state index contributed by atoms with van der Waals surface area (Å²) in [6, 6.07) is 0. The molecular weight excluding hydrogens is 108 g/mol. The van der Waals surface area contributed by atoms with Gasteiger partial charge in [0.1, 0.15) is 0 Å². The fraction of sp³-hybridized carbons (Fsp3) is 0.600. The molecule has 3 heteroatoms. The van der Waals surface area contributed by atoms with Crippen LogP contribution >= 0.6 is 0 Å². The highest BCUT2D eigenvalue weighted by Gasteiger charge is 2.28. The van der Waals surface area contributed by atoms with E-state index in [1.807, 2.05) is 0 Å². The van der Waals surface area contributed by atoms with E-state index in [2.05, 4.69) is 4.74 Å². The maximum atomic E-state index is 10.3. The lowest BCUT2D eigenvalue weighted by Crippen LogP contribution is -2.01. The van der Waals surface area contributed by atoms with Gasteiger partial charge in [-0.05, 0) is 0 Å². The molecular formula is C5H6O3. The minimum atomic E-state index is -0.400. The van der Waals surface area contributed by atoms with Crippen LogP contribution in [0.15, 0.2) is 0 Å². The van der Waals surface area contributed by atoms with Crippen LogP contribution in [0.4, 0.5) is 0 Å². The second-order valence-corrected chi connectivity index (χ2v) is 1.90. The standard InChI is InChI=1S/C5H6O3/c1-3-2-4(6)8-5(3)7/h3H,2H2,1H3. The number of hydrogen-bond acceptors (Lipinski definition) is 3. The summed E-state index contributed by atoms with van der Waals surface area (Å²) < 4.78 is 4.20. The van der Waals surface area contributed by atoms with E-state index >= 15 is 0 Å². The van der Waals surface area contributed by atoms with Crippen molar-refractivity contribution < 1.29 is 14.3 Å². The largest absolute Gasteiger partial charge is 0.393 e. The highest BCUT2D eigenvalue weighted by molar-refractivity contribution is 5.94. The van der Waals surface area contributed by atoms with E-state index < -0.39 is 11.9 Å². The van der Waals surface area contributed by atoms with Crippen molar-refractivity contribution in [2.24, 2.45) is 5.92 Å². The average molecular weight is 114 g/mol. The van der Waals surface area contributed by atoms with Crippen LogP contribution in [0.5, 0.6) is 0 Å². The molecule has 3 nitrogen and oxygen atoms in total. The molecule has 0 N–H and O–H groups in total.